The lowest BCUT2D eigenvalue weighted by Gasteiger charge is -2.35. The van der Waals surface area contributed by atoms with E-state index in [0.717, 1.165) is 25.7 Å². The van der Waals surface area contributed by atoms with Crippen LogP contribution in [0.5, 0.6) is 0 Å². The van der Waals surface area contributed by atoms with Gasteiger partial charge in [-0.15, -0.1) is 0 Å². The molecule has 0 aromatic carbocycles. The molecule has 25 heavy (non-hydrogen) atoms. The molecule has 2 N–H and O–H groups in total. The molecule has 6 atom stereocenters. The Morgan fingerprint density at radius 1 is 0.680 bits per heavy atom. The smallest absolute Gasteiger partial charge is 0.0631 e. The molecule has 0 rings (SSSR count). The van der Waals surface area contributed by atoms with Gasteiger partial charge in [0.15, 0.2) is 0 Å². The van der Waals surface area contributed by atoms with Crippen LogP contribution in [0.3, 0.4) is 0 Å². The first kappa shape index (κ1) is 24.9. The van der Waals surface area contributed by atoms with E-state index in [1.165, 1.54) is 25.7 Å². The third kappa shape index (κ3) is 11.2. The van der Waals surface area contributed by atoms with Crippen LogP contribution in [0.4, 0.5) is 0 Å². The molecule has 0 saturated carbocycles. The van der Waals surface area contributed by atoms with Crippen molar-refractivity contribution in [2.45, 2.75) is 130 Å². The van der Waals surface area contributed by atoms with Crippen molar-refractivity contribution in [1.82, 2.24) is 0 Å². The Morgan fingerprint density at radius 2 is 1.04 bits per heavy atom. The van der Waals surface area contributed by atoms with Crippen LogP contribution in [0, 0.1) is 11.8 Å². The summed E-state index contributed by atoms with van der Waals surface area (Å²) in [5.74, 6) is 0.990. The molecule has 0 amide bonds. The molecule has 3 heteroatoms. The number of aliphatic hydroxyl groups is 2. The molecule has 0 aromatic rings. The van der Waals surface area contributed by atoms with Crippen molar-refractivity contribution in [2.75, 3.05) is 0 Å². The molecular weight excluding hydrogens is 312 g/mol. The monoisotopic (exact) mass is 358 g/mol. The fourth-order valence-corrected chi connectivity index (χ4v) is 3.85. The number of ether oxygens (including phenoxy) is 1. The Kier molecular flexibility index (Phi) is 14.9. The van der Waals surface area contributed by atoms with E-state index < -0.39 is 0 Å². The number of aliphatic hydroxyl groups excluding tert-OH is 2. The summed E-state index contributed by atoms with van der Waals surface area (Å²) in [4.78, 5) is 0. The molecular formula is C22H46O3. The van der Waals surface area contributed by atoms with E-state index in [1.807, 2.05) is 13.8 Å². The van der Waals surface area contributed by atoms with Crippen molar-refractivity contribution in [1.29, 1.82) is 0 Å². The predicted octanol–water partition coefficient (Wildman–Crippen LogP) is 5.71. The third-order valence-electron chi connectivity index (χ3n) is 5.45. The molecule has 0 aliphatic rings. The summed E-state index contributed by atoms with van der Waals surface area (Å²) < 4.78 is 6.65. The normalized spacial score (nSPS) is 19.2. The number of unbranched alkanes of at least 4 members (excludes halogenated alkanes) is 2. The largest absolute Gasteiger partial charge is 0.393 e. The SMILES string of the molecule is CCCCC(CC)C(CC(C)O)OC(CC(C)O)C(CC)CCCC. The van der Waals surface area contributed by atoms with Crippen LogP contribution in [0.1, 0.15) is 106 Å². The van der Waals surface area contributed by atoms with Gasteiger partial charge in [0.25, 0.3) is 0 Å². The van der Waals surface area contributed by atoms with Crippen LogP contribution in [-0.2, 0) is 4.74 Å². The number of rotatable bonds is 16. The van der Waals surface area contributed by atoms with E-state index in [0.29, 0.717) is 24.7 Å². The van der Waals surface area contributed by atoms with Gasteiger partial charge in [0.2, 0.25) is 0 Å². The summed E-state index contributed by atoms with van der Waals surface area (Å²) in [7, 11) is 0. The summed E-state index contributed by atoms with van der Waals surface area (Å²) in [5.41, 5.74) is 0. The quantitative estimate of drug-likeness (QED) is 0.371. The highest BCUT2D eigenvalue weighted by molar-refractivity contribution is 4.78. The highest BCUT2D eigenvalue weighted by Gasteiger charge is 2.29. The molecule has 0 radical (unpaired) electrons. The fourth-order valence-electron chi connectivity index (χ4n) is 3.85. The zero-order valence-corrected chi connectivity index (χ0v) is 17.8. The second-order valence-corrected chi connectivity index (χ2v) is 8.00. The van der Waals surface area contributed by atoms with Gasteiger partial charge in [-0.1, -0.05) is 66.2 Å². The maximum Gasteiger partial charge on any atom is 0.0631 e. The van der Waals surface area contributed by atoms with Crippen molar-refractivity contribution in [3.63, 3.8) is 0 Å². The Morgan fingerprint density at radius 3 is 1.28 bits per heavy atom. The first-order chi connectivity index (χ1) is 11.9. The van der Waals surface area contributed by atoms with Gasteiger partial charge in [0.05, 0.1) is 24.4 Å². The van der Waals surface area contributed by atoms with Gasteiger partial charge in [-0.25, -0.2) is 0 Å². The van der Waals surface area contributed by atoms with Crippen LogP contribution in [-0.4, -0.2) is 34.6 Å². The molecule has 0 bridgehead atoms. The van der Waals surface area contributed by atoms with E-state index in [9.17, 15) is 10.2 Å². The first-order valence-corrected chi connectivity index (χ1v) is 10.9. The molecule has 0 fully saturated rings. The van der Waals surface area contributed by atoms with Gasteiger partial charge < -0.3 is 14.9 Å². The minimum Gasteiger partial charge on any atom is -0.393 e. The molecule has 0 aliphatic heterocycles. The second kappa shape index (κ2) is 15.0. The molecule has 0 saturated heterocycles. The number of hydrogen-bond acceptors (Lipinski definition) is 3. The molecule has 0 aromatic heterocycles. The van der Waals surface area contributed by atoms with Crippen LogP contribution in [0.25, 0.3) is 0 Å². The maximum atomic E-state index is 10.00. The topological polar surface area (TPSA) is 49.7 Å². The number of hydrogen-bond donors (Lipinski definition) is 2. The predicted molar refractivity (Wildman–Crippen MR) is 108 cm³/mol. The lowest BCUT2D eigenvalue weighted by Crippen LogP contribution is -2.37. The van der Waals surface area contributed by atoms with Gasteiger partial charge in [-0.2, -0.15) is 0 Å². The zero-order valence-electron chi connectivity index (χ0n) is 17.8. The summed E-state index contributed by atoms with van der Waals surface area (Å²) in [6, 6.07) is 0. The minimum absolute atomic E-state index is 0.0935. The summed E-state index contributed by atoms with van der Waals surface area (Å²) >= 11 is 0. The van der Waals surface area contributed by atoms with Crippen LogP contribution in [0.15, 0.2) is 0 Å². The van der Waals surface area contributed by atoms with Gasteiger partial charge in [0.1, 0.15) is 0 Å². The Bertz CT molecular complexity index is 263. The summed E-state index contributed by atoms with van der Waals surface area (Å²) in [6.07, 6.45) is 10.2. The van der Waals surface area contributed by atoms with E-state index in [1.54, 1.807) is 0 Å². The van der Waals surface area contributed by atoms with E-state index in [2.05, 4.69) is 27.7 Å². The fraction of sp³-hybridized carbons (Fsp3) is 1.00. The van der Waals surface area contributed by atoms with Crippen LogP contribution < -0.4 is 0 Å². The Balaban J connectivity index is 5.18. The lowest BCUT2D eigenvalue weighted by atomic mass is 9.87. The maximum absolute atomic E-state index is 10.00. The Hall–Kier alpha value is -0.120. The van der Waals surface area contributed by atoms with E-state index in [4.69, 9.17) is 4.74 Å². The van der Waals surface area contributed by atoms with Crippen molar-refractivity contribution < 1.29 is 14.9 Å². The molecule has 0 spiro atoms. The van der Waals surface area contributed by atoms with E-state index >= 15 is 0 Å². The van der Waals surface area contributed by atoms with Crippen molar-refractivity contribution in [3.05, 3.63) is 0 Å². The highest BCUT2D eigenvalue weighted by atomic mass is 16.5. The molecule has 0 aliphatic carbocycles. The van der Waals surface area contributed by atoms with Crippen molar-refractivity contribution in [3.8, 4) is 0 Å². The average molecular weight is 359 g/mol. The van der Waals surface area contributed by atoms with Gasteiger partial charge >= 0.3 is 0 Å². The Labute approximate surface area is 157 Å². The van der Waals surface area contributed by atoms with E-state index in [-0.39, 0.29) is 24.4 Å². The van der Waals surface area contributed by atoms with Crippen LogP contribution >= 0.6 is 0 Å². The van der Waals surface area contributed by atoms with Crippen molar-refractivity contribution >= 4 is 0 Å². The standard InChI is InChI=1S/C22H46O3/c1-7-11-13-19(9-3)21(15-17(5)23)25-22(16-18(6)24)20(10-4)14-12-8-2/h17-24H,7-16H2,1-6H3. The summed E-state index contributed by atoms with van der Waals surface area (Å²) in [6.45, 7) is 12.6. The lowest BCUT2D eigenvalue weighted by molar-refractivity contribution is -0.102. The van der Waals surface area contributed by atoms with Gasteiger partial charge in [0, 0.05) is 0 Å². The molecule has 6 unspecified atom stereocenters. The average Bonchev–Trinajstić information content (AvgIpc) is 2.54. The second-order valence-electron chi connectivity index (χ2n) is 8.00. The first-order valence-electron chi connectivity index (χ1n) is 10.9. The highest BCUT2D eigenvalue weighted by Crippen LogP contribution is 2.30. The molecule has 0 heterocycles. The summed E-state index contributed by atoms with van der Waals surface area (Å²) in [5, 5.41) is 20.0. The zero-order chi connectivity index (χ0) is 19.2. The third-order valence-corrected chi connectivity index (χ3v) is 5.45. The molecule has 3 nitrogen and oxygen atoms in total. The minimum atomic E-state index is -0.344. The molecule has 152 valence electrons. The van der Waals surface area contributed by atoms with Gasteiger partial charge in [-0.3, -0.25) is 0 Å². The van der Waals surface area contributed by atoms with Crippen molar-refractivity contribution in [2.24, 2.45) is 11.8 Å². The van der Waals surface area contributed by atoms with Gasteiger partial charge in [-0.05, 0) is 51.4 Å². The van der Waals surface area contributed by atoms with Crippen LogP contribution in [0.2, 0.25) is 0 Å².